The molecule has 23 heavy (non-hydrogen) atoms. The number of anilines is 1. The number of aromatic hydroxyl groups is 1. The number of hydrogen-bond acceptors (Lipinski definition) is 5. The van der Waals surface area contributed by atoms with E-state index in [1.165, 1.54) is 36.0 Å². The second kappa shape index (κ2) is 6.59. The number of aryl methyl sites for hydroxylation is 1. The Bertz CT molecular complexity index is 826. The van der Waals surface area contributed by atoms with Gasteiger partial charge in [0.1, 0.15) is 12.3 Å². The van der Waals surface area contributed by atoms with Gasteiger partial charge in [-0.1, -0.05) is 18.5 Å². The van der Waals surface area contributed by atoms with Crippen molar-refractivity contribution in [2.45, 2.75) is 25.3 Å². The number of hydrogen-bond donors (Lipinski definition) is 2. The molecule has 0 saturated heterocycles. The second-order valence-electron chi connectivity index (χ2n) is 4.89. The van der Waals surface area contributed by atoms with E-state index in [9.17, 15) is 18.3 Å². The number of phenols is 1. The van der Waals surface area contributed by atoms with Crippen molar-refractivity contribution in [2.75, 3.05) is 11.1 Å². The van der Waals surface area contributed by atoms with E-state index in [0.717, 1.165) is 0 Å². The summed E-state index contributed by atoms with van der Waals surface area (Å²) in [4.78, 5) is 12.0. The van der Waals surface area contributed by atoms with Gasteiger partial charge in [0.05, 0.1) is 27.1 Å². The van der Waals surface area contributed by atoms with Crippen LogP contribution in [-0.4, -0.2) is 35.0 Å². The summed E-state index contributed by atoms with van der Waals surface area (Å²) in [7, 11) is -3.43. The molecule has 1 heterocycles. The van der Waals surface area contributed by atoms with Crippen LogP contribution in [0.2, 0.25) is 5.02 Å². The first kappa shape index (κ1) is 17.3. The Morgan fingerprint density at radius 3 is 2.70 bits per heavy atom. The molecule has 1 aromatic heterocycles. The predicted octanol–water partition coefficient (Wildman–Crippen LogP) is 1.98. The number of sulfone groups is 1. The van der Waals surface area contributed by atoms with Crippen molar-refractivity contribution < 1.29 is 18.3 Å². The van der Waals surface area contributed by atoms with Crippen LogP contribution in [0.3, 0.4) is 0 Å². The lowest BCUT2D eigenvalue weighted by atomic mass is 10.3. The van der Waals surface area contributed by atoms with E-state index in [0.29, 0.717) is 10.7 Å². The highest BCUT2D eigenvalue weighted by Crippen LogP contribution is 2.27. The molecular formula is C14H16ClN3O4S. The van der Waals surface area contributed by atoms with Crippen molar-refractivity contribution in [3.8, 4) is 5.75 Å². The SMILES string of the molecule is CCS(=O)(=O)c1ccc(O)c(NC(=O)Cn2cc(Cl)c(C)n2)c1. The molecule has 0 atom stereocenters. The molecule has 0 aliphatic rings. The molecule has 0 bridgehead atoms. The highest BCUT2D eigenvalue weighted by molar-refractivity contribution is 7.91. The molecule has 2 N–H and O–H groups in total. The van der Waals surface area contributed by atoms with Crippen LogP contribution in [-0.2, 0) is 21.2 Å². The van der Waals surface area contributed by atoms with E-state index in [1.54, 1.807) is 6.92 Å². The molecule has 0 fully saturated rings. The Morgan fingerprint density at radius 2 is 2.13 bits per heavy atom. The van der Waals surface area contributed by atoms with Gasteiger partial charge in [-0.25, -0.2) is 8.42 Å². The monoisotopic (exact) mass is 357 g/mol. The van der Waals surface area contributed by atoms with E-state index in [1.807, 2.05) is 0 Å². The zero-order valence-electron chi connectivity index (χ0n) is 12.6. The van der Waals surface area contributed by atoms with Crippen LogP contribution in [0.4, 0.5) is 5.69 Å². The summed E-state index contributed by atoms with van der Waals surface area (Å²) in [5, 5.41) is 16.7. The Labute approximate surface area is 138 Å². The highest BCUT2D eigenvalue weighted by Gasteiger charge is 2.15. The van der Waals surface area contributed by atoms with Crippen molar-refractivity contribution in [2.24, 2.45) is 0 Å². The van der Waals surface area contributed by atoms with Crippen LogP contribution in [0.1, 0.15) is 12.6 Å². The zero-order valence-corrected chi connectivity index (χ0v) is 14.1. The van der Waals surface area contributed by atoms with Gasteiger partial charge in [-0.05, 0) is 25.1 Å². The van der Waals surface area contributed by atoms with Gasteiger partial charge in [0, 0.05) is 6.20 Å². The number of rotatable bonds is 5. The van der Waals surface area contributed by atoms with Gasteiger partial charge in [0.15, 0.2) is 9.84 Å². The van der Waals surface area contributed by atoms with Crippen LogP contribution in [0, 0.1) is 6.92 Å². The van der Waals surface area contributed by atoms with Crippen molar-refractivity contribution in [3.63, 3.8) is 0 Å². The zero-order chi connectivity index (χ0) is 17.2. The fourth-order valence-electron chi connectivity index (χ4n) is 1.89. The van der Waals surface area contributed by atoms with Crippen molar-refractivity contribution in [1.29, 1.82) is 0 Å². The van der Waals surface area contributed by atoms with E-state index < -0.39 is 15.7 Å². The molecule has 0 spiro atoms. The number of halogens is 1. The quantitative estimate of drug-likeness (QED) is 0.797. The largest absolute Gasteiger partial charge is 0.506 e. The molecule has 0 aliphatic carbocycles. The molecular weight excluding hydrogens is 342 g/mol. The van der Waals surface area contributed by atoms with Gasteiger partial charge in [0.2, 0.25) is 5.91 Å². The number of nitrogens with one attached hydrogen (secondary N) is 1. The lowest BCUT2D eigenvalue weighted by Crippen LogP contribution is -2.19. The smallest absolute Gasteiger partial charge is 0.246 e. The predicted molar refractivity (Wildman–Crippen MR) is 86.4 cm³/mol. The Hall–Kier alpha value is -2.06. The molecule has 9 heteroatoms. The van der Waals surface area contributed by atoms with Gasteiger partial charge in [-0.3, -0.25) is 9.48 Å². The highest BCUT2D eigenvalue weighted by atomic mass is 35.5. The van der Waals surface area contributed by atoms with Crippen LogP contribution in [0.15, 0.2) is 29.3 Å². The summed E-state index contributed by atoms with van der Waals surface area (Å²) in [5.41, 5.74) is 0.623. The topological polar surface area (TPSA) is 101 Å². The van der Waals surface area contributed by atoms with Gasteiger partial charge < -0.3 is 10.4 Å². The van der Waals surface area contributed by atoms with Crippen LogP contribution < -0.4 is 5.32 Å². The van der Waals surface area contributed by atoms with Crippen LogP contribution >= 0.6 is 11.6 Å². The molecule has 1 aromatic carbocycles. The Kier molecular flexibility index (Phi) is 4.96. The number of aromatic nitrogens is 2. The minimum absolute atomic E-state index is 0.0273. The third-order valence-corrected chi connectivity index (χ3v) is 5.28. The molecule has 124 valence electrons. The summed E-state index contributed by atoms with van der Waals surface area (Å²) in [6.07, 6.45) is 1.51. The third-order valence-electron chi connectivity index (χ3n) is 3.17. The van der Waals surface area contributed by atoms with Crippen LogP contribution in [0.25, 0.3) is 0 Å². The molecule has 0 radical (unpaired) electrons. The summed E-state index contributed by atoms with van der Waals surface area (Å²) >= 11 is 5.86. The maximum absolute atomic E-state index is 12.0. The molecule has 0 unspecified atom stereocenters. The van der Waals surface area contributed by atoms with Crippen LogP contribution in [0.5, 0.6) is 5.75 Å². The molecule has 2 rings (SSSR count). The number of amides is 1. The minimum atomic E-state index is -3.43. The lowest BCUT2D eigenvalue weighted by Gasteiger charge is -2.09. The average molecular weight is 358 g/mol. The molecule has 0 aliphatic heterocycles. The molecule has 2 aromatic rings. The first-order valence-electron chi connectivity index (χ1n) is 6.78. The first-order valence-corrected chi connectivity index (χ1v) is 8.81. The summed E-state index contributed by atoms with van der Waals surface area (Å²) in [6.45, 7) is 3.11. The van der Waals surface area contributed by atoms with E-state index in [-0.39, 0.29) is 28.6 Å². The van der Waals surface area contributed by atoms with Crippen molar-refractivity contribution in [1.82, 2.24) is 9.78 Å². The molecule has 1 amide bonds. The summed E-state index contributed by atoms with van der Waals surface area (Å²) in [5.74, 6) is -0.760. The second-order valence-corrected chi connectivity index (χ2v) is 7.58. The fraction of sp³-hybridized carbons (Fsp3) is 0.286. The minimum Gasteiger partial charge on any atom is -0.506 e. The lowest BCUT2D eigenvalue weighted by molar-refractivity contribution is -0.116. The number of phenolic OH excluding ortho intramolecular Hbond substituents is 1. The fourth-order valence-corrected chi connectivity index (χ4v) is 2.94. The third kappa shape index (κ3) is 4.02. The first-order chi connectivity index (χ1) is 10.7. The van der Waals surface area contributed by atoms with Crippen molar-refractivity contribution >= 4 is 33.0 Å². The van der Waals surface area contributed by atoms with E-state index in [2.05, 4.69) is 10.4 Å². The number of nitrogens with zero attached hydrogens (tertiary/aromatic N) is 2. The number of benzene rings is 1. The average Bonchev–Trinajstić information content (AvgIpc) is 2.79. The van der Waals surface area contributed by atoms with Gasteiger partial charge in [-0.15, -0.1) is 0 Å². The summed E-state index contributed by atoms with van der Waals surface area (Å²) in [6, 6.07) is 3.75. The number of carbonyl (C=O) groups excluding carboxylic acids is 1. The van der Waals surface area contributed by atoms with Gasteiger partial charge in [-0.2, -0.15) is 5.10 Å². The van der Waals surface area contributed by atoms with E-state index in [4.69, 9.17) is 11.6 Å². The maximum atomic E-state index is 12.0. The van der Waals surface area contributed by atoms with Crippen molar-refractivity contribution in [3.05, 3.63) is 35.1 Å². The molecule has 0 saturated carbocycles. The Balaban J connectivity index is 2.19. The normalized spacial score (nSPS) is 11.4. The van der Waals surface area contributed by atoms with E-state index >= 15 is 0 Å². The standard InChI is InChI=1S/C14H16ClN3O4S/c1-3-23(21,22)10-4-5-13(19)12(6-10)16-14(20)8-18-7-11(15)9(2)17-18/h4-7,19H,3,8H2,1-2H3,(H,16,20). The summed E-state index contributed by atoms with van der Waals surface area (Å²) < 4.78 is 25.1. The Morgan fingerprint density at radius 1 is 1.43 bits per heavy atom. The number of carbonyl (C=O) groups is 1. The van der Waals surface area contributed by atoms with Gasteiger partial charge in [0.25, 0.3) is 0 Å². The molecule has 7 nitrogen and oxygen atoms in total. The van der Waals surface area contributed by atoms with Gasteiger partial charge >= 0.3 is 0 Å². The maximum Gasteiger partial charge on any atom is 0.246 e.